The average molecular weight is 391 g/mol. The molecule has 152 valence electrons. The lowest BCUT2D eigenvalue weighted by molar-refractivity contribution is -0.152. The Hall–Kier alpha value is -3.10. The molecule has 1 N–H and O–H groups in total. The maximum absolute atomic E-state index is 12.1. The highest BCUT2D eigenvalue weighted by molar-refractivity contribution is 5.85. The van der Waals surface area contributed by atoms with Crippen molar-refractivity contribution in [1.82, 2.24) is 15.1 Å². The molecule has 0 aliphatic carbocycles. The summed E-state index contributed by atoms with van der Waals surface area (Å²) in [5, 5.41) is 2.47. The van der Waals surface area contributed by atoms with Crippen molar-refractivity contribution >= 4 is 23.9 Å². The van der Waals surface area contributed by atoms with Crippen LogP contribution in [0.1, 0.15) is 12.5 Å². The first-order valence-electron chi connectivity index (χ1n) is 9.15. The summed E-state index contributed by atoms with van der Waals surface area (Å²) in [6.45, 7) is 2.78. The molecule has 0 saturated carbocycles. The van der Waals surface area contributed by atoms with Crippen molar-refractivity contribution < 1.29 is 28.7 Å². The third kappa shape index (κ3) is 6.90. The Morgan fingerprint density at radius 2 is 1.61 bits per heavy atom. The molecule has 0 bridgehead atoms. The maximum atomic E-state index is 12.1. The van der Waals surface area contributed by atoms with E-state index in [4.69, 9.17) is 9.47 Å². The van der Waals surface area contributed by atoms with E-state index < -0.39 is 18.7 Å². The lowest BCUT2D eigenvalue weighted by Gasteiger charge is -2.33. The van der Waals surface area contributed by atoms with Gasteiger partial charge in [0.15, 0.2) is 6.61 Å². The molecular formula is C19H25N3O6. The smallest absolute Gasteiger partial charge is 0.409 e. The van der Waals surface area contributed by atoms with E-state index in [-0.39, 0.29) is 24.8 Å². The summed E-state index contributed by atoms with van der Waals surface area (Å²) in [5.41, 5.74) is 0.838. The standard InChI is InChI=1S/C19H25N3O6/c1-2-27-19(26)22-10-8-21(9-11-22)17(24)14-28-18(25)13-20-16(23)12-15-6-4-3-5-7-15/h3-7H,2,8-14H2,1H3,(H,20,23). The number of esters is 1. The normalized spacial score (nSPS) is 13.6. The zero-order valence-electron chi connectivity index (χ0n) is 15.9. The largest absolute Gasteiger partial charge is 0.454 e. The van der Waals surface area contributed by atoms with E-state index in [0.717, 1.165) is 5.56 Å². The quantitative estimate of drug-likeness (QED) is 0.665. The Morgan fingerprint density at radius 1 is 0.964 bits per heavy atom. The van der Waals surface area contributed by atoms with Crippen LogP contribution in [0.15, 0.2) is 30.3 Å². The number of piperazine rings is 1. The fraction of sp³-hybridized carbons (Fsp3) is 0.474. The third-order valence-corrected chi connectivity index (χ3v) is 4.15. The number of benzene rings is 1. The molecule has 0 radical (unpaired) electrons. The Bertz CT molecular complexity index is 686. The predicted octanol–water partition coefficient (Wildman–Crippen LogP) is 0.189. The summed E-state index contributed by atoms with van der Waals surface area (Å²) in [6, 6.07) is 9.15. The number of amides is 3. The van der Waals surface area contributed by atoms with Gasteiger partial charge in [-0.05, 0) is 12.5 Å². The van der Waals surface area contributed by atoms with E-state index in [2.05, 4.69) is 5.32 Å². The summed E-state index contributed by atoms with van der Waals surface area (Å²) in [4.78, 5) is 50.3. The number of hydrogen-bond donors (Lipinski definition) is 1. The molecule has 1 aromatic carbocycles. The highest BCUT2D eigenvalue weighted by atomic mass is 16.6. The van der Waals surface area contributed by atoms with Crippen molar-refractivity contribution in [1.29, 1.82) is 0 Å². The molecule has 0 spiro atoms. The second-order valence-electron chi connectivity index (χ2n) is 6.17. The number of ether oxygens (including phenoxy) is 2. The first-order valence-corrected chi connectivity index (χ1v) is 9.15. The highest BCUT2D eigenvalue weighted by Crippen LogP contribution is 2.04. The molecule has 9 heteroatoms. The minimum absolute atomic E-state index is 0.164. The topological polar surface area (TPSA) is 105 Å². The average Bonchev–Trinajstić information content (AvgIpc) is 2.71. The van der Waals surface area contributed by atoms with Crippen LogP contribution in [0.5, 0.6) is 0 Å². The maximum Gasteiger partial charge on any atom is 0.409 e. The van der Waals surface area contributed by atoms with Crippen molar-refractivity contribution in [3.8, 4) is 0 Å². The number of nitrogens with zero attached hydrogens (tertiary/aromatic N) is 2. The molecule has 0 unspecified atom stereocenters. The minimum atomic E-state index is -0.681. The van der Waals surface area contributed by atoms with Gasteiger partial charge in [0.2, 0.25) is 5.91 Å². The second kappa shape index (κ2) is 10.9. The summed E-state index contributed by atoms with van der Waals surface area (Å²) in [7, 11) is 0. The molecule has 0 atom stereocenters. The van der Waals surface area contributed by atoms with E-state index in [0.29, 0.717) is 32.8 Å². The van der Waals surface area contributed by atoms with Gasteiger partial charge in [-0.3, -0.25) is 14.4 Å². The number of nitrogens with one attached hydrogen (secondary N) is 1. The van der Waals surface area contributed by atoms with Crippen LogP contribution in [0.4, 0.5) is 4.79 Å². The number of rotatable bonds is 7. The Kier molecular flexibility index (Phi) is 8.26. The molecule has 0 aromatic heterocycles. The lowest BCUT2D eigenvalue weighted by atomic mass is 10.1. The molecule has 1 saturated heterocycles. The van der Waals surface area contributed by atoms with Crippen LogP contribution < -0.4 is 5.32 Å². The Morgan fingerprint density at radius 3 is 2.25 bits per heavy atom. The molecular weight excluding hydrogens is 366 g/mol. The van der Waals surface area contributed by atoms with Crippen molar-refractivity contribution in [3.05, 3.63) is 35.9 Å². The van der Waals surface area contributed by atoms with Gasteiger partial charge in [0.1, 0.15) is 6.54 Å². The highest BCUT2D eigenvalue weighted by Gasteiger charge is 2.25. The molecule has 3 amide bonds. The van der Waals surface area contributed by atoms with Gasteiger partial charge in [-0.15, -0.1) is 0 Å². The van der Waals surface area contributed by atoms with Crippen LogP contribution in [-0.2, 0) is 30.3 Å². The van der Waals surface area contributed by atoms with Gasteiger partial charge in [-0.1, -0.05) is 30.3 Å². The summed E-state index contributed by atoms with van der Waals surface area (Å²) in [6.07, 6.45) is -0.232. The number of carbonyl (C=O) groups is 4. The van der Waals surface area contributed by atoms with Crippen molar-refractivity contribution in [2.45, 2.75) is 13.3 Å². The van der Waals surface area contributed by atoms with Crippen LogP contribution in [0.2, 0.25) is 0 Å². The van der Waals surface area contributed by atoms with Crippen LogP contribution in [0, 0.1) is 0 Å². The van der Waals surface area contributed by atoms with Crippen molar-refractivity contribution in [2.75, 3.05) is 45.9 Å². The first kappa shape index (κ1) is 21.2. The first-order chi connectivity index (χ1) is 13.5. The second-order valence-corrected chi connectivity index (χ2v) is 6.17. The summed E-state index contributed by atoms with van der Waals surface area (Å²) >= 11 is 0. The number of hydrogen-bond acceptors (Lipinski definition) is 6. The molecule has 1 aromatic rings. The van der Waals surface area contributed by atoms with Crippen molar-refractivity contribution in [3.63, 3.8) is 0 Å². The molecule has 1 heterocycles. The molecule has 2 rings (SSSR count). The van der Waals surface area contributed by atoms with Crippen LogP contribution in [0.25, 0.3) is 0 Å². The van der Waals surface area contributed by atoms with E-state index in [1.54, 1.807) is 6.92 Å². The molecule has 1 aliphatic heterocycles. The van der Waals surface area contributed by atoms with E-state index in [1.807, 2.05) is 30.3 Å². The van der Waals surface area contributed by atoms with Crippen LogP contribution in [-0.4, -0.2) is 79.6 Å². The SMILES string of the molecule is CCOC(=O)N1CCN(C(=O)COC(=O)CNC(=O)Cc2ccccc2)CC1. The van der Waals surface area contributed by atoms with Gasteiger partial charge in [-0.25, -0.2) is 4.79 Å². The molecule has 28 heavy (non-hydrogen) atoms. The molecule has 1 aliphatic rings. The Labute approximate surface area is 163 Å². The van der Waals surface area contributed by atoms with Gasteiger partial charge in [0, 0.05) is 26.2 Å². The lowest BCUT2D eigenvalue weighted by Crippen LogP contribution is -2.51. The van der Waals surface area contributed by atoms with Crippen molar-refractivity contribution in [2.24, 2.45) is 0 Å². The summed E-state index contributed by atoms with van der Waals surface area (Å²) < 4.78 is 9.84. The fourth-order valence-corrected chi connectivity index (χ4v) is 2.65. The summed E-state index contributed by atoms with van der Waals surface area (Å²) in [5.74, 6) is -1.32. The minimum Gasteiger partial charge on any atom is -0.454 e. The van der Waals surface area contributed by atoms with Gasteiger partial charge >= 0.3 is 12.1 Å². The van der Waals surface area contributed by atoms with Crippen LogP contribution >= 0.6 is 0 Å². The van der Waals surface area contributed by atoms with Gasteiger partial charge in [-0.2, -0.15) is 0 Å². The molecule has 1 fully saturated rings. The van der Waals surface area contributed by atoms with Crippen LogP contribution in [0.3, 0.4) is 0 Å². The van der Waals surface area contributed by atoms with E-state index in [9.17, 15) is 19.2 Å². The van der Waals surface area contributed by atoms with E-state index >= 15 is 0 Å². The number of carbonyl (C=O) groups excluding carboxylic acids is 4. The predicted molar refractivity (Wildman–Crippen MR) is 99.3 cm³/mol. The molecule has 9 nitrogen and oxygen atoms in total. The van der Waals surface area contributed by atoms with Gasteiger partial charge in [0.05, 0.1) is 13.0 Å². The zero-order chi connectivity index (χ0) is 20.4. The Balaban J connectivity index is 1.62. The fourth-order valence-electron chi connectivity index (χ4n) is 2.65. The van der Waals surface area contributed by atoms with Gasteiger partial charge in [0.25, 0.3) is 5.91 Å². The zero-order valence-corrected chi connectivity index (χ0v) is 15.9. The third-order valence-electron chi connectivity index (χ3n) is 4.15. The van der Waals surface area contributed by atoms with E-state index in [1.165, 1.54) is 9.80 Å². The van der Waals surface area contributed by atoms with Gasteiger partial charge < -0.3 is 24.6 Å². The monoisotopic (exact) mass is 391 g/mol.